The first-order valence-electron chi connectivity index (χ1n) is 9.16. The zero-order valence-electron chi connectivity index (χ0n) is 15.8. The number of rotatable bonds is 5. The Morgan fingerprint density at radius 2 is 1.93 bits per heavy atom. The molecule has 11 heteroatoms. The van der Waals surface area contributed by atoms with Gasteiger partial charge in [0.1, 0.15) is 23.6 Å². The molecule has 1 saturated carbocycles. The highest BCUT2D eigenvalue weighted by molar-refractivity contribution is 7.91. The maximum atomic E-state index is 13.8. The molecule has 1 aliphatic carbocycles. The number of nitrogens with one attached hydrogen (secondary N) is 1. The summed E-state index contributed by atoms with van der Waals surface area (Å²) in [7, 11) is -2.03. The third-order valence-electron chi connectivity index (χ3n) is 5.49. The molecule has 0 atom stereocenters. The molecule has 1 N–H and O–H groups in total. The molecule has 0 radical (unpaired) electrons. The Hall–Kier alpha value is -2.69. The van der Waals surface area contributed by atoms with Gasteiger partial charge in [-0.3, -0.25) is 0 Å². The van der Waals surface area contributed by atoms with Crippen molar-refractivity contribution >= 4 is 26.7 Å². The third kappa shape index (κ3) is 3.73. The van der Waals surface area contributed by atoms with Crippen LogP contribution >= 0.6 is 0 Å². The Morgan fingerprint density at radius 1 is 1.20 bits per heavy atom. The Kier molecular flexibility index (Phi) is 4.95. The molecule has 0 bridgehead atoms. The Morgan fingerprint density at radius 3 is 2.60 bits per heavy atom. The minimum atomic E-state index is -4.87. The van der Waals surface area contributed by atoms with Crippen LogP contribution in [0.25, 0.3) is 11.0 Å². The first-order chi connectivity index (χ1) is 14.1. The van der Waals surface area contributed by atoms with Crippen LogP contribution in [0.4, 0.5) is 23.4 Å². The van der Waals surface area contributed by atoms with Crippen molar-refractivity contribution in [1.82, 2.24) is 15.0 Å². The molecule has 3 aromatic rings. The first kappa shape index (κ1) is 20.6. The van der Waals surface area contributed by atoms with Crippen LogP contribution in [-0.2, 0) is 16.0 Å². The molecule has 0 spiro atoms. The van der Waals surface area contributed by atoms with Gasteiger partial charge in [0.15, 0.2) is 9.84 Å². The number of halogens is 4. The predicted molar refractivity (Wildman–Crippen MR) is 102 cm³/mol. The molecule has 30 heavy (non-hydrogen) atoms. The van der Waals surface area contributed by atoms with Crippen LogP contribution in [0.1, 0.15) is 18.4 Å². The van der Waals surface area contributed by atoms with Crippen molar-refractivity contribution < 1.29 is 26.0 Å². The highest BCUT2D eigenvalue weighted by Crippen LogP contribution is 2.37. The maximum Gasteiger partial charge on any atom is 0.419 e. The Bertz CT molecular complexity index is 1190. The molecule has 0 aliphatic heterocycles. The van der Waals surface area contributed by atoms with E-state index >= 15 is 0 Å². The minimum absolute atomic E-state index is 0.0718. The molecule has 0 amide bonds. The fraction of sp³-hybridized carbons (Fsp3) is 0.368. The average molecular weight is 442 g/mol. The summed E-state index contributed by atoms with van der Waals surface area (Å²) in [6.45, 7) is 0. The largest absolute Gasteiger partial charge is 0.419 e. The standard InChI is InChI=1S/C19H18F4N4O2S/c1-27(18-14-4-5-24-17(14)25-10-26-18)12-6-11(7-12)9-30(28,29)13-2-3-15(16(20)8-13)19(21,22)23/h2-5,8,10-12H,6-7,9H2,1H3,(H,24,25,26). The molecule has 1 aliphatic rings. The second-order valence-corrected chi connectivity index (χ2v) is 9.49. The van der Waals surface area contributed by atoms with Crippen LogP contribution < -0.4 is 4.90 Å². The van der Waals surface area contributed by atoms with Gasteiger partial charge in [-0.05, 0) is 43.0 Å². The second kappa shape index (κ2) is 7.22. The smallest absolute Gasteiger partial charge is 0.356 e. The lowest BCUT2D eigenvalue weighted by atomic mass is 9.81. The van der Waals surface area contributed by atoms with E-state index in [1.807, 2.05) is 18.0 Å². The molecule has 160 valence electrons. The number of H-pyrrole nitrogens is 1. The van der Waals surface area contributed by atoms with Crippen LogP contribution in [0.3, 0.4) is 0 Å². The lowest BCUT2D eigenvalue weighted by Gasteiger charge is -2.41. The molecule has 1 fully saturated rings. The number of fused-ring (bicyclic) bond motifs is 1. The van der Waals surface area contributed by atoms with E-state index in [2.05, 4.69) is 15.0 Å². The minimum Gasteiger partial charge on any atom is -0.356 e. The van der Waals surface area contributed by atoms with Crippen LogP contribution in [0.2, 0.25) is 0 Å². The van der Waals surface area contributed by atoms with Gasteiger partial charge in [0, 0.05) is 19.3 Å². The van der Waals surface area contributed by atoms with Crippen molar-refractivity contribution in [2.45, 2.75) is 30.0 Å². The van der Waals surface area contributed by atoms with Crippen molar-refractivity contribution in [3.63, 3.8) is 0 Å². The van der Waals surface area contributed by atoms with Crippen LogP contribution in [0.15, 0.2) is 41.7 Å². The molecule has 0 unspecified atom stereocenters. The first-order valence-corrected chi connectivity index (χ1v) is 10.8. The van der Waals surface area contributed by atoms with Crippen LogP contribution in [0, 0.1) is 11.7 Å². The van der Waals surface area contributed by atoms with E-state index in [4.69, 9.17) is 0 Å². The maximum absolute atomic E-state index is 13.8. The normalized spacial score (nSPS) is 19.6. The number of aromatic amines is 1. The van der Waals surface area contributed by atoms with Crippen molar-refractivity contribution in [2.75, 3.05) is 17.7 Å². The van der Waals surface area contributed by atoms with Gasteiger partial charge in [-0.25, -0.2) is 22.8 Å². The average Bonchev–Trinajstić information content (AvgIpc) is 3.11. The fourth-order valence-corrected chi connectivity index (χ4v) is 5.43. The van der Waals surface area contributed by atoms with Gasteiger partial charge >= 0.3 is 6.18 Å². The van der Waals surface area contributed by atoms with Gasteiger partial charge in [-0.2, -0.15) is 13.2 Å². The zero-order valence-corrected chi connectivity index (χ0v) is 16.6. The molecule has 2 heterocycles. The Labute approximate surface area is 169 Å². The summed E-state index contributed by atoms with van der Waals surface area (Å²) in [6, 6.07) is 3.66. The zero-order chi connectivity index (χ0) is 21.7. The van der Waals surface area contributed by atoms with E-state index in [-0.39, 0.29) is 17.7 Å². The number of hydrogen-bond donors (Lipinski definition) is 1. The SMILES string of the molecule is CN(c1ncnc2[nH]ccc12)C1CC(CS(=O)(=O)c2ccc(C(F)(F)F)c(F)c2)C1. The number of nitrogens with zero attached hydrogens (tertiary/aromatic N) is 3. The summed E-state index contributed by atoms with van der Waals surface area (Å²) in [6.07, 6.45) is -0.506. The highest BCUT2D eigenvalue weighted by atomic mass is 32.2. The topological polar surface area (TPSA) is 79.0 Å². The summed E-state index contributed by atoms with van der Waals surface area (Å²) in [5.41, 5.74) is -0.776. The van der Waals surface area contributed by atoms with Gasteiger partial charge in [0.25, 0.3) is 0 Å². The summed E-state index contributed by atoms with van der Waals surface area (Å²) in [5.74, 6) is -1.27. The lowest BCUT2D eigenvalue weighted by Crippen LogP contribution is -2.45. The second-order valence-electron chi connectivity index (χ2n) is 7.46. The number of sulfone groups is 1. The number of anilines is 1. The van der Waals surface area contributed by atoms with E-state index in [9.17, 15) is 26.0 Å². The number of hydrogen-bond acceptors (Lipinski definition) is 5. The molecule has 2 aromatic heterocycles. The van der Waals surface area contributed by atoms with E-state index < -0.39 is 32.3 Å². The Balaban J connectivity index is 1.43. The quantitative estimate of drug-likeness (QED) is 0.608. The van der Waals surface area contributed by atoms with Crippen molar-refractivity contribution in [3.8, 4) is 0 Å². The van der Waals surface area contributed by atoms with Gasteiger partial charge in [-0.1, -0.05) is 0 Å². The van der Waals surface area contributed by atoms with E-state index in [0.717, 1.165) is 17.3 Å². The van der Waals surface area contributed by atoms with Gasteiger partial charge in [0.05, 0.1) is 21.6 Å². The summed E-state index contributed by atoms with van der Waals surface area (Å²) >= 11 is 0. The fourth-order valence-electron chi connectivity index (χ4n) is 3.79. The van der Waals surface area contributed by atoms with Gasteiger partial charge in [-0.15, -0.1) is 0 Å². The predicted octanol–water partition coefficient (Wildman–Crippen LogP) is 3.80. The van der Waals surface area contributed by atoms with Crippen LogP contribution in [-0.4, -0.2) is 42.2 Å². The number of alkyl halides is 3. The molecule has 0 saturated heterocycles. The van der Waals surface area contributed by atoms with Gasteiger partial charge < -0.3 is 9.88 Å². The monoisotopic (exact) mass is 442 g/mol. The molecule has 4 rings (SSSR count). The van der Waals surface area contributed by atoms with Crippen molar-refractivity contribution in [3.05, 3.63) is 48.2 Å². The molecular weight excluding hydrogens is 424 g/mol. The number of aromatic nitrogens is 3. The lowest BCUT2D eigenvalue weighted by molar-refractivity contribution is -0.140. The third-order valence-corrected chi connectivity index (χ3v) is 7.37. The van der Waals surface area contributed by atoms with E-state index in [1.165, 1.54) is 6.33 Å². The van der Waals surface area contributed by atoms with E-state index in [1.54, 1.807) is 6.20 Å². The van der Waals surface area contributed by atoms with Crippen molar-refractivity contribution in [2.24, 2.45) is 5.92 Å². The molecule has 6 nitrogen and oxygen atoms in total. The van der Waals surface area contributed by atoms with Gasteiger partial charge in [0.2, 0.25) is 0 Å². The van der Waals surface area contributed by atoms with E-state index in [0.29, 0.717) is 30.6 Å². The summed E-state index contributed by atoms with van der Waals surface area (Å²) in [5, 5.41) is 0.858. The highest BCUT2D eigenvalue weighted by Gasteiger charge is 2.38. The molecule has 1 aromatic carbocycles. The van der Waals surface area contributed by atoms with Crippen LogP contribution in [0.5, 0.6) is 0 Å². The summed E-state index contributed by atoms with van der Waals surface area (Å²) in [4.78, 5) is 13.0. The van der Waals surface area contributed by atoms with Crippen molar-refractivity contribution in [1.29, 1.82) is 0 Å². The molecular formula is C19H18F4N4O2S. The summed E-state index contributed by atoms with van der Waals surface area (Å²) < 4.78 is 76.9. The number of benzene rings is 1.